The van der Waals surface area contributed by atoms with Crippen molar-refractivity contribution in [3.63, 3.8) is 0 Å². The number of carbonyl (C=O) groups excluding carboxylic acids is 1. The summed E-state index contributed by atoms with van der Waals surface area (Å²) in [4.78, 5) is 12.4. The molecule has 23 heavy (non-hydrogen) atoms. The Morgan fingerprint density at radius 2 is 2.17 bits per heavy atom. The fourth-order valence-electron chi connectivity index (χ4n) is 2.50. The number of amides is 1. The fourth-order valence-corrected chi connectivity index (χ4v) is 2.50. The van der Waals surface area contributed by atoms with Gasteiger partial charge in [0.2, 0.25) is 0 Å². The number of carbonyl (C=O) groups is 1. The van der Waals surface area contributed by atoms with E-state index in [-0.39, 0.29) is 11.8 Å². The van der Waals surface area contributed by atoms with Crippen LogP contribution >= 0.6 is 0 Å². The lowest BCUT2D eigenvalue weighted by molar-refractivity contribution is 0.0951. The normalized spacial score (nSPS) is 11.3. The van der Waals surface area contributed by atoms with Gasteiger partial charge in [-0.1, -0.05) is 25.1 Å². The summed E-state index contributed by atoms with van der Waals surface area (Å²) in [6.45, 7) is 6.19. The van der Waals surface area contributed by atoms with Crippen LogP contribution in [0.4, 0.5) is 0 Å². The van der Waals surface area contributed by atoms with Gasteiger partial charge in [0.05, 0.1) is 5.69 Å². The molecule has 0 aliphatic carbocycles. The first-order chi connectivity index (χ1) is 11.1. The minimum absolute atomic E-state index is 0.109. The van der Waals surface area contributed by atoms with E-state index in [0.717, 1.165) is 11.5 Å². The fraction of sp³-hybridized carbons (Fsp3) is 0.375. The van der Waals surface area contributed by atoms with Crippen molar-refractivity contribution in [3.8, 4) is 0 Å². The van der Waals surface area contributed by atoms with Crippen LogP contribution in [-0.4, -0.2) is 32.2 Å². The van der Waals surface area contributed by atoms with E-state index in [9.17, 15) is 4.79 Å². The van der Waals surface area contributed by atoms with Crippen LogP contribution in [0.3, 0.4) is 0 Å². The van der Waals surface area contributed by atoms with Crippen LogP contribution in [-0.2, 0) is 6.42 Å². The van der Waals surface area contributed by atoms with Crippen LogP contribution in [0.15, 0.2) is 28.9 Å². The first kappa shape index (κ1) is 15.2. The molecule has 0 saturated carbocycles. The van der Waals surface area contributed by atoms with Gasteiger partial charge in [0.1, 0.15) is 11.4 Å². The number of rotatable bonds is 5. The number of hydrogen-bond donors (Lipinski definition) is 1. The van der Waals surface area contributed by atoms with Gasteiger partial charge in [-0.05, 0) is 19.1 Å². The van der Waals surface area contributed by atoms with Gasteiger partial charge in [0.25, 0.3) is 5.91 Å². The maximum absolute atomic E-state index is 12.4. The molecule has 3 aromatic heterocycles. The lowest BCUT2D eigenvalue weighted by Gasteiger charge is -2.06. The summed E-state index contributed by atoms with van der Waals surface area (Å²) in [7, 11) is 0. The summed E-state index contributed by atoms with van der Waals surface area (Å²) in [5.74, 6) is 1.37. The second kappa shape index (κ2) is 6.20. The van der Waals surface area contributed by atoms with Gasteiger partial charge in [0, 0.05) is 25.1 Å². The minimum atomic E-state index is -0.165. The van der Waals surface area contributed by atoms with Crippen molar-refractivity contribution >= 4 is 11.6 Å². The van der Waals surface area contributed by atoms with Gasteiger partial charge >= 0.3 is 0 Å². The zero-order valence-corrected chi connectivity index (χ0v) is 13.4. The monoisotopic (exact) mass is 313 g/mol. The summed E-state index contributed by atoms with van der Waals surface area (Å²) in [6.07, 6.45) is 2.51. The van der Waals surface area contributed by atoms with E-state index >= 15 is 0 Å². The van der Waals surface area contributed by atoms with Gasteiger partial charge in [-0.2, -0.15) is 0 Å². The van der Waals surface area contributed by atoms with Gasteiger partial charge in [-0.25, -0.2) is 0 Å². The van der Waals surface area contributed by atoms with Crippen molar-refractivity contribution < 1.29 is 9.32 Å². The zero-order valence-electron chi connectivity index (χ0n) is 13.4. The summed E-state index contributed by atoms with van der Waals surface area (Å²) in [5, 5.41) is 15.0. The molecular formula is C16H19N5O2. The van der Waals surface area contributed by atoms with E-state index in [4.69, 9.17) is 4.52 Å². The number of nitrogens with one attached hydrogen (secondary N) is 1. The maximum Gasteiger partial charge on any atom is 0.256 e. The van der Waals surface area contributed by atoms with Crippen LogP contribution in [0.5, 0.6) is 0 Å². The maximum atomic E-state index is 12.4. The third kappa shape index (κ3) is 2.94. The van der Waals surface area contributed by atoms with E-state index in [1.165, 1.54) is 0 Å². The molecule has 1 amide bonds. The van der Waals surface area contributed by atoms with Gasteiger partial charge in [0.15, 0.2) is 11.4 Å². The number of hydrogen-bond acceptors (Lipinski definition) is 5. The number of fused-ring (bicyclic) bond motifs is 1. The Morgan fingerprint density at radius 1 is 1.35 bits per heavy atom. The number of pyridine rings is 1. The Hall–Kier alpha value is -2.70. The molecule has 3 rings (SSSR count). The molecule has 0 aromatic carbocycles. The highest BCUT2D eigenvalue weighted by Gasteiger charge is 2.22. The second-order valence-corrected chi connectivity index (χ2v) is 5.71. The molecule has 0 saturated heterocycles. The Kier molecular flexibility index (Phi) is 4.10. The van der Waals surface area contributed by atoms with Crippen molar-refractivity contribution in [1.29, 1.82) is 0 Å². The highest BCUT2D eigenvalue weighted by molar-refractivity contribution is 5.96. The lowest BCUT2D eigenvalue weighted by Crippen LogP contribution is -2.27. The van der Waals surface area contributed by atoms with Gasteiger partial charge in [-0.15, -0.1) is 10.2 Å². The van der Waals surface area contributed by atoms with Crippen LogP contribution in [0.2, 0.25) is 0 Å². The topological polar surface area (TPSA) is 85.3 Å². The van der Waals surface area contributed by atoms with Crippen molar-refractivity contribution in [2.24, 2.45) is 0 Å². The van der Waals surface area contributed by atoms with E-state index in [2.05, 4.69) is 20.7 Å². The van der Waals surface area contributed by atoms with Crippen LogP contribution in [0.25, 0.3) is 5.65 Å². The highest BCUT2D eigenvalue weighted by Crippen LogP contribution is 2.21. The third-order valence-corrected chi connectivity index (χ3v) is 3.66. The largest absolute Gasteiger partial charge is 0.360 e. The summed E-state index contributed by atoms with van der Waals surface area (Å²) < 4.78 is 7.16. The first-order valence-corrected chi connectivity index (χ1v) is 7.61. The molecule has 0 fully saturated rings. The summed E-state index contributed by atoms with van der Waals surface area (Å²) >= 11 is 0. The highest BCUT2D eigenvalue weighted by atomic mass is 16.5. The molecule has 120 valence electrons. The molecule has 3 heterocycles. The van der Waals surface area contributed by atoms with Crippen LogP contribution in [0.1, 0.15) is 47.4 Å². The molecule has 3 aromatic rings. The average molecular weight is 313 g/mol. The molecule has 0 spiro atoms. The van der Waals surface area contributed by atoms with Crippen molar-refractivity contribution in [2.45, 2.75) is 33.1 Å². The predicted molar refractivity (Wildman–Crippen MR) is 84.4 cm³/mol. The molecule has 0 unspecified atom stereocenters. The van der Waals surface area contributed by atoms with Crippen LogP contribution < -0.4 is 5.32 Å². The molecule has 7 heteroatoms. The Morgan fingerprint density at radius 3 is 2.96 bits per heavy atom. The van der Waals surface area contributed by atoms with Crippen molar-refractivity contribution in [3.05, 3.63) is 47.2 Å². The van der Waals surface area contributed by atoms with E-state index in [1.54, 1.807) is 6.92 Å². The Bertz CT molecular complexity index is 834. The predicted octanol–water partition coefficient (Wildman–Crippen LogP) is 2.12. The summed E-state index contributed by atoms with van der Waals surface area (Å²) in [6, 6.07) is 5.73. The van der Waals surface area contributed by atoms with Crippen molar-refractivity contribution in [1.82, 2.24) is 25.1 Å². The average Bonchev–Trinajstić information content (AvgIpc) is 3.11. The molecular weight excluding hydrogens is 294 g/mol. The summed E-state index contributed by atoms with van der Waals surface area (Å²) in [5.41, 5.74) is 1.94. The molecule has 7 nitrogen and oxygen atoms in total. The smallest absolute Gasteiger partial charge is 0.256 e. The molecule has 0 bridgehead atoms. The SMILES string of the molecule is Cc1noc(C(C)C)c1C(=O)NCCc1nnc2ccccn12. The zero-order chi connectivity index (χ0) is 16.4. The third-order valence-electron chi connectivity index (χ3n) is 3.66. The second-order valence-electron chi connectivity index (χ2n) is 5.71. The van der Waals surface area contributed by atoms with Gasteiger partial charge < -0.3 is 9.84 Å². The van der Waals surface area contributed by atoms with E-state index in [1.807, 2.05) is 42.6 Å². The molecule has 0 aliphatic heterocycles. The van der Waals surface area contributed by atoms with E-state index in [0.29, 0.717) is 30.0 Å². The van der Waals surface area contributed by atoms with E-state index < -0.39 is 0 Å². The molecule has 0 aliphatic rings. The number of aryl methyl sites for hydroxylation is 1. The first-order valence-electron chi connectivity index (χ1n) is 7.61. The molecule has 0 radical (unpaired) electrons. The number of aromatic nitrogens is 4. The Balaban J connectivity index is 1.67. The number of nitrogens with zero attached hydrogens (tertiary/aromatic N) is 4. The molecule has 1 N–H and O–H groups in total. The van der Waals surface area contributed by atoms with Gasteiger partial charge in [-0.3, -0.25) is 9.20 Å². The quantitative estimate of drug-likeness (QED) is 0.780. The lowest BCUT2D eigenvalue weighted by atomic mass is 10.0. The minimum Gasteiger partial charge on any atom is -0.360 e. The Labute approximate surface area is 133 Å². The van der Waals surface area contributed by atoms with Crippen LogP contribution in [0, 0.1) is 6.92 Å². The molecule has 0 atom stereocenters. The standard InChI is InChI=1S/C16H19N5O2/c1-10(2)15-14(11(3)20-23-15)16(22)17-8-7-13-19-18-12-6-4-5-9-21(12)13/h4-6,9-10H,7-8H2,1-3H3,(H,17,22). The van der Waals surface area contributed by atoms with Crippen molar-refractivity contribution in [2.75, 3.05) is 6.54 Å².